The average molecular weight is 264 g/mol. The first-order valence-electron chi connectivity index (χ1n) is 7.51. The first-order chi connectivity index (χ1) is 9.31. The highest BCUT2D eigenvalue weighted by Gasteiger charge is 2.16. The molecule has 1 aliphatic carbocycles. The Labute approximate surface area is 116 Å². The van der Waals surface area contributed by atoms with Crippen LogP contribution in [0.25, 0.3) is 0 Å². The van der Waals surface area contributed by atoms with Crippen LogP contribution in [0, 0.1) is 0 Å². The van der Waals surface area contributed by atoms with Crippen LogP contribution in [0.15, 0.2) is 24.3 Å². The van der Waals surface area contributed by atoms with Crippen molar-refractivity contribution < 1.29 is 15.2 Å². The summed E-state index contributed by atoms with van der Waals surface area (Å²) >= 11 is 0. The van der Waals surface area contributed by atoms with E-state index in [1.165, 1.54) is 31.2 Å². The molecule has 1 saturated carbocycles. The summed E-state index contributed by atoms with van der Waals surface area (Å²) in [4.78, 5) is 0. The molecular weight excluding hydrogens is 238 g/mol. The van der Waals surface area contributed by atoms with Crippen LogP contribution in [0.2, 0.25) is 0 Å². The fraction of sp³-hybridized carbons (Fsp3) is 0.625. The zero-order valence-electron chi connectivity index (χ0n) is 11.8. The van der Waals surface area contributed by atoms with E-state index >= 15 is 0 Å². The number of hydrogen-bond acceptors (Lipinski definition) is 2. The van der Waals surface area contributed by atoms with E-state index in [0.29, 0.717) is 12.1 Å². The maximum atomic E-state index is 9.16. The molecule has 0 unspecified atom stereocenters. The summed E-state index contributed by atoms with van der Waals surface area (Å²) in [6.45, 7) is 3.28. The van der Waals surface area contributed by atoms with Gasteiger partial charge in [0.15, 0.2) is 0 Å². The number of aliphatic hydroxyl groups excluding tert-OH is 1. The first-order valence-corrected chi connectivity index (χ1v) is 7.51. The van der Waals surface area contributed by atoms with E-state index < -0.39 is 0 Å². The molecule has 1 aliphatic rings. The Bertz CT molecular complexity index is 354. The van der Waals surface area contributed by atoms with E-state index in [9.17, 15) is 0 Å². The summed E-state index contributed by atoms with van der Waals surface area (Å²) in [5.74, 6) is 0.991. The molecule has 0 aliphatic heterocycles. The number of benzene rings is 1. The van der Waals surface area contributed by atoms with Crippen molar-refractivity contribution in [2.45, 2.75) is 57.7 Å². The molecular formula is C16H26NO2+. The van der Waals surface area contributed by atoms with Gasteiger partial charge in [-0.15, -0.1) is 0 Å². The summed E-state index contributed by atoms with van der Waals surface area (Å²) in [5.41, 5.74) is 1.28. The third kappa shape index (κ3) is 4.51. The molecule has 19 heavy (non-hydrogen) atoms. The van der Waals surface area contributed by atoms with Crippen molar-refractivity contribution in [3.8, 4) is 5.75 Å². The second kappa shape index (κ2) is 7.51. The molecule has 1 fully saturated rings. The van der Waals surface area contributed by atoms with Crippen molar-refractivity contribution in [1.29, 1.82) is 0 Å². The summed E-state index contributed by atoms with van der Waals surface area (Å²) in [5, 5.41) is 11.4. The minimum Gasteiger partial charge on any atom is -0.490 e. The van der Waals surface area contributed by atoms with Crippen LogP contribution in [0.5, 0.6) is 5.75 Å². The van der Waals surface area contributed by atoms with Gasteiger partial charge in [0.2, 0.25) is 0 Å². The van der Waals surface area contributed by atoms with E-state index in [0.717, 1.165) is 18.7 Å². The molecule has 0 saturated heterocycles. The van der Waals surface area contributed by atoms with Crippen molar-refractivity contribution >= 4 is 0 Å². The third-order valence-electron chi connectivity index (χ3n) is 3.97. The van der Waals surface area contributed by atoms with E-state index in [4.69, 9.17) is 9.84 Å². The molecule has 0 amide bonds. The fourth-order valence-electron chi connectivity index (χ4n) is 2.58. The Kier molecular flexibility index (Phi) is 5.67. The maximum Gasteiger partial charge on any atom is 0.119 e. The van der Waals surface area contributed by atoms with Crippen molar-refractivity contribution in [3.05, 3.63) is 29.8 Å². The second-order valence-corrected chi connectivity index (χ2v) is 5.46. The Hall–Kier alpha value is -1.06. The fourth-order valence-corrected chi connectivity index (χ4v) is 2.58. The predicted octanol–water partition coefficient (Wildman–Crippen LogP) is 1.84. The molecule has 1 atom stereocenters. The molecule has 2 rings (SSSR count). The van der Waals surface area contributed by atoms with Gasteiger partial charge in [-0.25, -0.2) is 0 Å². The van der Waals surface area contributed by atoms with Crippen molar-refractivity contribution in [2.24, 2.45) is 0 Å². The molecule has 3 heteroatoms. The summed E-state index contributed by atoms with van der Waals surface area (Å²) in [6.07, 6.45) is 6.43. The Morgan fingerprint density at radius 3 is 2.53 bits per heavy atom. The largest absolute Gasteiger partial charge is 0.490 e. The minimum absolute atomic E-state index is 0.249. The lowest BCUT2D eigenvalue weighted by molar-refractivity contribution is -0.706. The normalized spacial score (nSPS) is 17.6. The molecule has 0 heterocycles. The first kappa shape index (κ1) is 14.4. The molecule has 0 aromatic heterocycles. The average Bonchev–Trinajstić information content (AvgIpc) is 2.95. The van der Waals surface area contributed by atoms with Gasteiger partial charge >= 0.3 is 0 Å². The summed E-state index contributed by atoms with van der Waals surface area (Å²) in [7, 11) is 0. The van der Waals surface area contributed by atoms with Gasteiger partial charge in [-0.3, -0.25) is 0 Å². The molecule has 0 bridgehead atoms. The molecule has 3 N–H and O–H groups in total. The second-order valence-electron chi connectivity index (χ2n) is 5.46. The number of quaternary nitrogens is 1. The maximum absolute atomic E-state index is 9.16. The van der Waals surface area contributed by atoms with Crippen molar-refractivity contribution in [2.75, 3.05) is 6.61 Å². The lowest BCUT2D eigenvalue weighted by atomic mass is 10.2. The lowest BCUT2D eigenvalue weighted by Crippen LogP contribution is -2.89. The quantitative estimate of drug-likeness (QED) is 0.789. The molecule has 0 spiro atoms. The highest BCUT2D eigenvalue weighted by Crippen LogP contribution is 2.24. The highest BCUT2D eigenvalue weighted by atomic mass is 16.5. The lowest BCUT2D eigenvalue weighted by Gasteiger charge is -2.14. The van der Waals surface area contributed by atoms with Crippen LogP contribution in [-0.4, -0.2) is 23.9 Å². The predicted molar refractivity (Wildman–Crippen MR) is 76.1 cm³/mol. The van der Waals surface area contributed by atoms with Crippen LogP contribution >= 0.6 is 0 Å². The Morgan fingerprint density at radius 1 is 1.26 bits per heavy atom. The van der Waals surface area contributed by atoms with Crippen LogP contribution in [0.4, 0.5) is 0 Å². The zero-order valence-corrected chi connectivity index (χ0v) is 11.8. The third-order valence-corrected chi connectivity index (χ3v) is 3.97. The Balaban J connectivity index is 1.80. The number of nitrogens with two attached hydrogens (primary N) is 1. The van der Waals surface area contributed by atoms with Crippen LogP contribution in [0.3, 0.4) is 0 Å². The van der Waals surface area contributed by atoms with Crippen LogP contribution < -0.4 is 10.1 Å². The molecule has 106 valence electrons. The SMILES string of the molecule is CC[C@@H](CO)[NH2+]Cc1ccc(OC2CCCC2)cc1. The van der Waals surface area contributed by atoms with Crippen molar-refractivity contribution in [1.82, 2.24) is 0 Å². The molecule has 0 radical (unpaired) electrons. The van der Waals surface area contributed by atoms with Gasteiger partial charge in [-0.1, -0.05) is 6.92 Å². The highest BCUT2D eigenvalue weighted by molar-refractivity contribution is 5.27. The molecule has 1 aromatic carbocycles. The van der Waals surface area contributed by atoms with Gasteiger partial charge in [0.05, 0.1) is 12.7 Å². The summed E-state index contributed by atoms with van der Waals surface area (Å²) in [6, 6.07) is 8.72. The minimum atomic E-state index is 0.249. The molecule has 1 aromatic rings. The van der Waals surface area contributed by atoms with Gasteiger partial charge in [0.1, 0.15) is 18.3 Å². The van der Waals surface area contributed by atoms with E-state index in [-0.39, 0.29) is 6.61 Å². The van der Waals surface area contributed by atoms with E-state index in [2.05, 4.69) is 36.5 Å². The number of rotatable bonds is 7. The van der Waals surface area contributed by atoms with E-state index in [1.807, 2.05) is 0 Å². The van der Waals surface area contributed by atoms with Crippen LogP contribution in [-0.2, 0) is 6.54 Å². The topological polar surface area (TPSA) is 46.1 Å². The van der Waals surface area contributed by atoms with Crippen molar-refractivity contribution in [3.63, 3.8) is 0 Å². The van der Waals surface area contributed by atoms with Crippen LogP contribution in [0.1, 0.15) is 44.6 Å². The Morgan fingerprint density at radius 2 is 1.95 bits per heavy atom. The molecule has 3 nitrogen and oxygen atoms in total. The van der Waals surface area contributed by atoms with Gasteiger partial charge in [0, 0.05) is 5.56 Å². The monoisotopic (exact) mass is 264 g/mol. The smallest absolute Gasteiger partial charge is 0.119 e. The zero-order chi connectivity index (χ0) is 13.5. The van der Waals surface area contributed by atoms with E-state index in [1.54, 1.807) is 0 Å². The van der Waals surface area contributed by atoms with Gasteiger partial charge in [-0.2, -0.15) is 0 Å². The van der Waals surface area contributed by atoms with Gasteiger partial charge < -0.3 is 15.2 Å². The number of aliphatic hydroxyl groups is 1. The van der Waals surface area contributed by atoms with Gasteiger partial charge in [-0.05, 0) is 56.4 Å². The van der Waals surface area contributed by atoms with Gasteiger partial charge in [0.25, 0.3) is 0 Å². The number of hydrogen-bond donors (Lipinski definition) is 2. The standard InChI is InChI=1S/C16H25NO2/c1-2-14(12-18)17-11-13-7-9-16(10-8-13)19-15-5-3-4-6-15/h7-10,14-15,17-18H,2-6,11-12H2,1H3/p+1/t14-/m0/s1. The number of ether oxygens (including phenoxy) is 1. The summed E-state index contributed by atoms with van der Waals surface area (Å²) < 4.78 is 5.95.